The number of nitrogens with one attached hydrogen (secondary N) is 1. The maximum Gasteiger partial charge on any atom is 0.119 e. The van der Waals surface area contributed by atoms with Gasteiger partial charge in [-0.1, -0.05) is 18.2 Å². The molecule has 0 unspecified atom stereocenters. The number of benzene rings is 2. The van der Waals surface area contributed by atoms with E-state index >= 15 is 0 Å². The van der Waals surface area contributed by atoms with E-state index in [0.29, 0.717) is 0 Å². The van der Waals surface area contributed by atoms with Crippen LogP contribution in [-0.4, -0.2) is 17.9 Å². The topological polar surface area (TPSA) is 38.5 Å². The van der Waals surface area contributed by atoms with E-state index in [1.54, 1.807) is 13.3 Å². The zero-order chi connectivity index (χ0) is 15.2. The molecule has 22 heavy (non-hydrogen) atoms. The van der Waals surface area contributed by atoms with E-state index < -0.39 is 0 Å². The summed E-state index contributed by atoms with van der Waals surface area (Å²) in [6.07, 6.45) is 5.83. The van der Waals surface area contributed by atoms with Gasteiger partial charge < -0.3 is 9.30 Å². The lowest BCUT2D eigenvalue weighted by atomic mass is 10.3. The minimum atomic E-state index is 0.852. The van der Waals surface area contributed by atoms with E-state index in [4.69, 9.17) is 4.74 Å². The highest BCUT2D eigenvalue weighted by molar-refractivity contribution is 5.80. The van der Waals surface area contributed by atoms with Crippen molar-refractivity contribution in [3.63, 3.8) is 0 Å². The molecule has 4 nitrogen and oxygen atoms in total. The van der Waals surface area contributed by atoms with E-state index in [1.165, 1.54) is 0 Å². The largest absolute Gasteiger partial charge is 0.497 e. The number of ether oxygens (including phenoxy) is 1. The van der Waals surface area contributed by atoms with Crippen molar-refractivity contribution in [1.29, 1.82) is 0 Å². The third kappa shape index (κ3) is 3.35. The van der Waals surface area contributed by atoms with Crippen molar-refractivity contribution in [2.45, 2.75) is 0 Å². The maximum atomic E-state index is 5.17. The Morgan fingerprint density at radius 3 is 2.50 bits per heavy atom. The standard InChI is InChI=1S/C18H17N3O/c1-22-18-9-7-17(8-10-18)21-12-11-15(14-21)13-19-20-16-5-3-2-4-6-16/h2-14,20H,1H3/b19-13-. The zero-order valence-corrected chi connectivity index (χ0v) is 12.3. The highest BCUT2D eigenvalue weighted by Gasteiger charge is 1.98. The number of nitrogens with zero attached hydrogens (tertiary/aromatic N) is 2. The second-order valence-corrected chi connectivity index (χ2v) is 4.79. The van der Waals surface area contributed by atoms with Gasteiger partial charge in [0.15, 0.2) is 0 Å². The molecule has 0 bridgehead atoms. The summed E-state index contributed by atoms with van der Waals surface area (Å²) in [5, 5.41) is 4.24. The van der Waals surface area contributed by atoms with Gasteiger partial charge in [0, 0.05) is 23.6 Å². The molecular formula is C18H17N3O. The highest BCUT2D eigenvalue weighted by Crippen LogP contribution is 2.15. The molecule has 0 atom stereocenters. The molecule has 0 radical (unpaired) electrons. The first-order valence-electron chi connectivity index (χ1n) is 7.02. The average Bonchev–Trinajstić information content (AvgIpc) is 3.05. The summed E-state index contributed by atoms with van der Waals surface area (Å²) < 4.78 is 7.21. The van der Waals surface area contributed by atoms with Crippen LogP contribution in [0, 0.1) is 0 Å². The molecule has 3 aromatic rings. The van der Waals surface area contributed by atoms with Crippen LogP contribution < -0.4 is 10.2 Å². The van der Waals surface area contributed by atoms with Gasteiger partial charge >= 0.3 is 0 Å². The fraction of sp³-hybridized carbons (Fsp3) is 0.0556. The van der Waals surface area contributed by atoms with Crippen LogP contribution in [0.5, 0.6) is 5.75 Å². The molecule has 4 heteroatoms. The Morgan fingerprint density at radius 2 is 1.77 bits per heavy atom. The molecule has 0 saturated heterocycles. The van der Waals surface area contributed by atoms with Crippen LogP contribution >= 0.6 is 0 Å². The van der Waals surface area contributed by atoms with Gasteiger partial charge in [0.25, 0.3) is 0 Å². The van der Waals surface area contributed by atoms with Gasteiger partial charge in [-0.3, -0.25) is 5.43 Å². The van der Waals surface area contributed by atoms with Crippen molar-refractivity contribution in [1.82, 2.24) is 4.57 Å². The molecule has 110 valence electrons. The summed E-state index contributed by atoms with van der Waals surface area (Å²) in [6.45, 7) is 0. The predicted octanol–water partition coefficient (Wildman–Crippen LogP) is 3.93. The van der Waals surface area contributed by atoms with E-state index in [0.717, 1.165) is 22.7 Å². The quantitative estimate of drug-likeness (QED) is 0.571. The molecule has 0 aliphatic rings. The maximum absolute atomic E-state index is 5.17. The van der Waals surface area contributed by atoms with E-state index in [-0.39, 0.29) is 0 Å². The molecule has 2 aromatic carbocycles. The molecule has 3 rings (SSSR count). The first-order valence-corrected chi connectivity index (χ1v) is 7.02. The summed E-state index contributed by atoms with van der Waals surface area (Å²) in [6, 6.07) is 19.8. The Kier molecular flexibility index (Phi) is 4.20. The van der Waals surface area contributed by atoms with E-state index in [2.05, 4.69) is 10.5 Å². The summed E-state index contributed by atoms with van der Waals surface area (Å²) in [7, 11) is 1.67. The van der Waals surface area contributed by atoms with E-state index in [9.17, 15) is 0 Å². The summed E-state index contributed by atoms with van der Waals surface area (Å²) in [5.74, 6) is 0.852. The third-order valence-electron chi connectivity index (χ3n) is 3.27. The number of para-hydroxylation sites is 1. The number of hydrazone groups is 1. The van der Waals surface area contributed by atoms with Crippen LogP contribution in [0.2, 0.25) is 0 Å². The first-order chi connectivity index (χ1) is 10.8. The van der Waals surface area contributed by atoms with Gasteiger partial charge in [0.1, 0.15) is 5.75 Å². The van der Waals surface area contributed by atoms with Gasteiger partial charge in [-0.2, -0.15) is 5.10 Å². The fourth-order valence-corrected chi connectivity index (χ4v) is 2.10. The number of hydrogen-bond donors (Lipinski definition) is 1. The Hall–Kier alpha value is -3.01. The van der Waals surface area contributed by atoms with Crippen LogP contribution in [-0.2, 0) is 0 Å². The van der Waals surface area contributed by atoms with Crippen LogP contribution in [0.25, 0.3) is 5.69 Å². The third-order valence-corrected chi connectivity index (χ3v) is 3.27. The predicted molar refractivity (Wildman–Crippen MR) is 90.0 cm³/mol. The molecule has 1 N–H and O–H groups in total. The van der Waals surface area contributed by atoms with Gasteiger partial charge in [0.2, 0.25) is 0 Å². The number of anilines is 1. The van der Waals surface area contributed by atoms with Crippen LogP contribution in [0.15, 0.2) is 78.2 Å². The van der Waals surface area contributed by atoms with Gasteiger partial charge in [0.05, 0.1) is 19.0 Å². The molecule has 0 fully saturated rings. The van der Waals surface area contributed by atoms with Crippen LogP contribution in [0.1, 0.15) is 5.56 Å². The molecule has 0 saturated carbocycles. The average molecular weight is 291 g/mol. The van der Waals surface area contributed by atoms with Crippen LogP contribution in [0.4, 0.5) is 5.69 Å². The Labute approximate surface area is 129 Å². The molecular weight excluding hydrogens is 274 g/mol. The Balaban J connectivity index is 1.68. The fourth-order valence-electron chi connectivity index (χ4n) is 2.10. The van der Waals surface area contributed by atoms with Crippen molar-refractivity contribution in [2.75, 3.05) is 12.5 Å². The second-order valence-electron chi connectivity index (χ2n) is 4.79. The molecule has 1 aromatic heterocycles. The minimum Gasteiger partial charge on any atom is -0.497 e. The second kappa shape index (κ2) is 6.63. The van der Waals surface area contributed by atoms with Crippen molar-refractivity contribution in [2.24, 2.45) is 5.10 Å². The smallest absolute Gasteiger partial charge is 0.119 e. The SMILES string of the molecule is COc1ccc(-n2ccc(/C=N\Nc3ccccc3)c2)cc1. The summed E-state index contributed by atoms with van der Waals surface area (Å²) in [4.78, 5) is 0. The Morgan fingerprint density at radius 1 is 1.00 bits per heavy atom. The van der Waals surface area contributed by atoms with Gasteiger partial charge in [-0.25, -0.2) is 0 Å². The minimum absolute atomic E-state index is 0.852. The highest BCUT2D eigenvalue weighted by atomic mass is 16.5. The Bertz CT molecular complexity index is 746. The van der Waals surface area contributed by atoms with Crippen molar-refractivity contribution < 1.29 is 4.74 Å². The van der Waals surface area contributed by atoms with Crippen molar-refractivity contribution in [3.05, 3.63) is 78.6 Å². The summed E-state index contributed by atoms with van der Waals surface area (Å²) >= 11 is 0. The lowest BCUT2D eigenvalue weighted by Gasteiger charge is -2.04. The number of methoxy groups -OCH3 is 1. The van der Waals surface area contributed by atoms with Crippen LogP contribution in [0.3, 0.4) is 0 Å². The molecule has 0 amide bonds. The lowest BCUT2D eigenvalue weighted by Crippen LogP contribution is -1.91. The van der Waals surface area contributed by atoms with Crippen molar-refractivity contribution >= 4 is 11.9 Å². The summed E-state index contributed by atoms with van der Waals surface area (Å²) in [5.41, 5.74) is 6.07. The monoisotopic (exact) mass is 291 g/mol. The first kappa shape index (κ1) is 13.9. The molecule has 1 heterocycles. The number of aromatic nitrogens is 1. The molecule has 0 aliphatic heterocycles. The lowest BCUT2D eigenvalue weighted by molar-refractivity contribution is 0.415. The number of hydrogen-bond acceptors (Lipinski definition) is 3. The van der Waals surface area contributed by atoms with Crippen molar-refractivity contribution in [3.8, 4) is 11.4 Å². The normalized spacial score (nSPS) is 10.8. The molecule has 0 spiro atoms. The van der Waals surface area contributed by atoms with Gasteiger partial charge in [-0.15, -0.1) is 0 Å². The molecule has 0 aliphatic carbocycles. The van der Waals surface area contributed by atoms with E-state index in [1.807, 2.05) is 77.6 Å². The zero-order valence-electron chi connectivity index (χ0n) is 12.3. The number of rotatable bonds is 5. The van der Waals surface area contributed by atoms with Gasteiger partial charge in [-0.05, 0) is 42.5 Å².